The molecule has 1 heterocycles. The first-order chi connectivity index (χ1) is 8.54. The highest BCUT2D eigenvalue weighted by atomic mass is 15.0. The van der Waals surface area contributed by atoms with Crippen molar-refractivity contribution in [3.8, 4) is 0 Å². The van der Waals surface area contributed by atoms with Crippen molar-refractivity contribution in [2.45, 2.75) is 47.6 Å². The summed E-state index contributed by atoms with van der Waals surface area (Å²) >= 11 is 0. The van der Waals surface area contributed by atoms with Crippen LogP contribution in [0.3, 0.4) is 0 Å². The Kier molecular flexibility index (Phi) is 5.97. The molecule has 2 rings (SSSR count). The highest BCUT2D eigenvalue weighted by molar-refractivity contribution is 5.79. The van der Waals surface area contributed by atoms with Crippen LogP contribution in [-0.2, 0) is 6.54 Å². The lowest BCUT2D eigenvalue weighted by Crippen LogP contribution is -2.02. The fraction of sp³-hybridized carbons (Fsp3) is 0.529. The van der Waals surface area contributed by atoms with Crippen molar-refractivity contribution in [3.63, 3.8) is 0 Å². The molecule has 1 heteroatoms. The first-order valence-corrected chi connectivity index (χ1v) is 7.08. The third-order valence-electron chi connectivity index (χ3n) is 3.06. The summed E-state index contributed by atoms with van der Waals surface area (Å²) in [5, 5.41) is 1.34. The van der Waals surface area contributed by atoms with Crippen molar-refractivity contribution in [3.05, 3.63) is 36.5 Å². The van der Waals surface area contributed by atoms with Crippen molar-refractivity contribution in [1.82, 2.24) is 4.57 Å². The van der Waals surface area contributed by atoms with Gasteiger partial charge in [-0.05, 0) is 29.4 Å². The molecule has 0 fully saturated rings. The number of fused-ring (bicyclic) bond motifs is 1. The molecule has 0 aliphatic rings. The van der Waals surface area contributed by atoms with Gasteiger partial charge in [-0.15, -0.1) is 0 Å². The zero-order chi connectivity index (χ0) is 13.5. The molecular formula is C17H27N. The number of rotatable bonds is 3. The van der Waals surface area contributed by atoms with Gasteiger partial charge in [-0.3, -0.25) is 0 Å². The maximum Gasteiger partial charge on any atom is 0.0480 e. The molecule has 0 amide bonds. The van der Waals surface area contributed by atoms with E-state index < -0.39 is 0 Å². The normalized spacial score (nSPS) is 10.8. The first kappa shape index (κ1) is 14.8. The van der Waals surface area contributed by atoms with Gasteiger partial charge in [0.1, 0.15) is 0 Å². The van der Waals surface area contributed by atoms with E-state index in [1.807, 2.05) is 0 Å². The molecular weight excluding hydrogens is 218 g/mol. The van der Waals surface area contributed by atoms with Crippen molar-refractivity contribution < 1.29 is 0 Å². The van der Waals surface area contributed by atoms with Crippen molar-refractivity contribution in [2.75, 3.05) is 0 Å². The lowest BCUT2D eigenvalue weighted by Gasteiger charge is -2.07. The lowest BCUT2D eigenvalue weighted by atomic mass is 10.2. The van der Waals surface area contributed by atoms with Gasteiger partial charge in [0, 0.05) is 18.3 Å². The minimum atomic E-state index is 0.704. The van der Waals surface area contributed by atoms with Gasteiger partial charge in [-0.2, -0.15) is 0 Å². The molecule has 18 heavy (non-hydrogen) atoms. The molecule has 1 nitrogen and oxygen atoms in total. The topological polar surface area (TPSA) is 4.93 Å². The number of hydrogen-bond acceptors (Lipinski definition) is 0. The number of benzene rings is 1. The predicted octanol–water partition coefficient (Wildman–Crippen LogP) is 5.35. The van der Waals surface area contributed by atoms with Crippen LogP contribution < -0.4 is 0 Å². The third-order valence-corrected chi connectivity index (χ3v) is 3.06. The first-order valence-electron chi connectivity index (χ1n) is 7.08. The predicted molar refractivity (Wildman–Crippen MR) is 81.9 cm³/mol. The molecule has 0 aliphatic carbocycles. The molecule has 0 N–H and O–H groups in total. The van der Waals surface area contributed by atoms with Crippen molar-refractivity contribution >= 4 is 10.9 Å². The highest BCUT2D eigenvalue weighted by Gasteiger charge is 2.00. The minimum absolute atomic E-state index is 0.704. The third kappa shape index (κ3) is 4.56. The summed E-state index contributed by atoms with van der Waals surface area (Å²) in [6.45, 7) is 12.2. The van der Waals surface area contributed by atoms with Crippen LogP contribution in [0.1, 0.15) is 41.0 Å². The average Bonchev–Trinajstić information content (AvgIpc) is 2.73. The van der Waals surface area contributed by atoms with E-state index in [2.05, 4.69) is 75.7 Å². The van der Waals surface area contributed by atoms with Crippen LogP contribution in [-0.4, -0.2) is 4.57 Å². The maximum absolute atomic E-state index is 2.32. The SMILES string of the molecule is CC(C)Cn1ccc2ccccc21.CCC(C)C. The zero-order valence-corrected chi connectivity index (χ0v) is 12.5. The average molecular weight is 245 g/mol. The summed E-state index contributed by atoms with van der Waals surface area (Å²) in [6.07, 6.45) is 3.48. The van der Waals surface area contributed by atoms with E-state index in [4.69, 9.17) is 0 Å². The van der Waals surface area contributed by atoms with E-state index in [9.17, 15) is 0 Å². The smallest absolute Gasteiger partial charge is 0.0480 e. The minimum Gasteiger partial charge on any atom is -0.347 e. The largest absolute Gasteiger partial charge is 0.347 e. The summed E-state index contributed by atoms with van der Waals surface area (Å²) in [5.41, 5.74) is 1.34. The summed E-state index contributed by atoms with van der Waals surface area (Å²) < 4.78 is 2.32. The summed E-state index contributed by atoms with van der Waals surface area (Å²) in [5.74, 6) is 1.59. The van der Waals surface area contributed by atoms with E-state index >= 15 is 0 Å². The molecule has 1 aromatic heterocycles. The fourth-order valence-corrected chi connectivity index (χ4v) is 1.69. The summed E-state index contributed by atoms with van der Waals surface area (Å²) in [4.78, 5) is 0. The second-order valence-corrected chi connectivity index (χ2v) is 5.72. The lowest BCUT2D eigenvalue weighted by molar-refractivity contribution is 0.535. The Hall–Kier alpha value is -1.24. The zero-order valence-electron chi connectivity index (χ0n) is 12.5. The van der Waals surface area contributed by atoms with Gasteiger partial charge in [0.05, 0.1) is 0 Å². The van der Waals surface area contributed by atoms with E-state index in [0.29, 0.717) is 5.92 Å². The van der Waals surface area contributed by atoms with Crippen LogP contribution >= 0.6 is 0 Å². The van der Waals surface area contributed by atoms with Crippen LogP contribution in [0.5, 0.6) is 0 Å². The van der Waals surface area contributed by atoms with E-state index in [-0.39, 0.29) is 0 Å². The van der Waals surface area contributed by atoms with Gasteiger partial charge in [0.2, 0.25) is 0 Å². The highest BCUT2D eigenvalue weighted by Crippen LogP contribution is 2.16. The Morgan fingerprint density at radius 3 is 2.11 bits per heavy atom. The van der Waals surface area contributed by atoms with Gasteiger partial charge < -0.3 is 4.57 Å². The Labute approximate surface area is 112 Å². The number of nitrogens with zero attached hydrogens (tertiary/aromatic N) is 1. The molecule has 1 aromatic carbocycles. The Bertz CT molecular complexity index is 451. The van der Waals surface area contributed by atoms with Gasteiger partial charge in [-0.1, -0.05) is 59.2 Å². The molecule has 0 aliphatic heterocycles. The van der Waals surface area contributed by atoms with Crippen LogP contribution in [0.2, 0.25) is 0 Å². The standard InChI is InChI=1S/C12H15N.C5H12/c1-10(2)9-13-8-7-11-5-3-4-6-12(11)13;1-4-5(2)3/h3-8,10H,9H2,1-2H3;5H,4H2,1-3H3. The molecule has 0 saturated carbocycles. The Balaban J connectivity index is 0.000000280. The van der Waals surface area contributed by atoms with E-state index in [1.165, 1.54) is 17.3 Å². The molecule has 0 radical (unpaired) electrons. The van der Waals surface area contributed by atoms with Gasteiger partial charge in [0.15, 0.2) is 0 Å². The van der Waals surface area contributed by atoms with Gasteiger partial charge in [0.25, 0.3) is 0 Å². The van der Waals surface area contributed by atoms with Crippen molar-refractivity contribution in [1.29, 1.82) is 0 Å². The molecule has 0 bridgehead atoms. The number of aromatic nitrogens is 1. The summed E-state index contributed by atoms with van der Waals surface area (Å²) in [6, 6.07) is 10.7. The number of para-hydroxylation sites is 1. The number of hydrogen-bond donors (Lipinski definition) is 0. The van der Waals surface area contributed by atoms with E-state index in [0.717, 1.165) is 12.5 Å². The molecule has 0 atom stereocenters. The monoisotopic (exact) mass is 245 g/mol. The second kappa shape index (κ2) is 7.25. The van der Waals surface area contributed by atoms with Gasteiger partial charge >= 0.3 is 0 Å². The fourth-order valence-electron chi connectivity index (χ4n) is 1.69. The molecule has 0 spiro atoms. The van der Waals surface area contributed by atoms with Gasteiger partial charge in [-0.25, -0.2) is 0 Å². The molecule has 100 valence electrons. The Morgan fingerprint density at radius 2 is 1.56 bits per heavy atom. The molecule has 2 aromatic rings. The molecule has 0 unspecified atom stereocenters. The quantitative estimate of drug-likeness (QED) is 0.687. The van der Waals surface area contributed by atoms with Crippen LogP contribution in [0.15, 0.2) is 36.5 Å². The van der Waals surface area contributed by atoms with E-state index in [1.54, 1.807) is 0 Å². The van der Waals surface area contributed by atoms with Crippen LogP contribution in [0, 0.1) is 11.8 Å². The second-order valence-electron chi connectivity index (χ2n) is 5.72. The Morgan fingerprint density at radius 1 is 0.944 bits per heavy atom. The van der Waals surface area contributed by atoms with Crippen molar-refractivity contribution in [2.24, 2.45) is 11.8 Å². The molecule has 0 saturated heterocycles. The van der Waals surface area contributed by atoms with Crippen LogP contribution in [0.25, 0.3) is 10.9 Å². The summed E-state index contributed by atoms with van der Waals surface area (Å²) in [7, 11) is 0. The van der Waals surface area contributed by atoms with Crippen LogP contribution in [0.4, 0.5) is 0 Å². The maximum atomic E-state index is 2.32.